The summed E-state index contributed by atoms with van der Waals surface area (Å²) in [5.74, 6) is 0.489. The monoisotopic (exact) mass is 314 g/mol. The predicted octanol–water partition coefficient (Wildman–Crippen LogP) is 2.92. The maximum Gasteiger partial charge on any atom is 0.260 e. The molecule has 1 N–H and O–H groups in total. The Hall–Kier alpha value is -1.10. The number of rotatable bonds is 6. The molecule has 100 valence electrons. The number of hydrogen-bond donors (Lipinski definition) is 1. The Morgan fingerprint density at radius 3 is 2.78 bits per heavy atom. The van der Waals surface area contributed by atoms with Crippen molar-refractivity contribution in [2.45, 2.75) is 45.8 Å². The normalized spacial score (nSPS) is 13.8. The van der Waals surface area contributed by atoms with Crippen LogP contribution in [-0.4, -0.2) is 23.0 Å². The smallest absolute Gasteiger partial charge is 0.260 e. The van der Waals surface area contributed by atoms with Gasteiger partial charge in [0.15, 0.2) is 6.10 Å². The summed E-state index contributed by atoms with van der Waals surface area (Å²) in [6.07, 6.45) is 3.09. The Kier molecular flexibility index (Phi) is 6.12. The lowest BCUT2D eigenvalue weighted by molar-refractivity contribution is -0.127. The molecule has 0 aliphatic rings. The number of amides is 1. The fraction of sp³-hybridized carbons (Fsp3) is 0.538. The highest BCUT2D eigenvalue weighted by Crippen LogP contribution is 2.14. The second-order valence-corrected chi connectivity index (χ2v) is 5.09. The van der Waals surface area contributed by atoms with E-state index in [9.17, 15) is 4.79 Å². The van der Waals surface area contributed by atoms with E-state index in [1.54, 1.807) is 25.3 Å². The molecule has 0 bridgehead atoms. The van der Waals surface area contributed by atoms with Gasteiger partial charge in [0.05, 0.1) is 6.20 Å². The fourth-order valence-electron chi connectivity index (χ4n) is 1.55. The van der Waals surface area contributed by atoms with Gasteiger partial charge in [-0.05, 0) is 48.3 Å². The summed E-state index contributed by atoms with van der Waals surface area (Å²) in [5.41, 5.74) is 0. The molecule has 0 saturated heterocycles. The van der Waals surface area contributed by atoms with E-state index in [1.165, 1.54) is 0 Å². The molecule has 0 fully saturated rings. The van der Waals surface area contributed by atoms with E-state index in [4.69, 9.17) is 4.74 Å². The van der Waals surface area contributed by atoms with Crippen molar-refractivity contribution in [1.82, 2.24) is 10.3 Å². The summed E-state index contributed by atoms with van der Waals surface area (Å²) in [6.45, 7) is 5.82. The van der Waals surface area contributed by atoms with E-state index in [0.717, 1.165) is 17.4 Å². The van der Waals surface area contributed by atoms with Gasteiger partial charge in [-0.25, -0.2) is 4.98 Å². The van der Waals surface area contributed by atoms with Gasteiger partial charge in [0.25, 0.3) is 5.91 Å². The third-order valence-corrected chi connectivity index (χ3v) is 2.96. The SMILES string of the molecule is CCCC(C)NC(=O)C(C)Oc1ccc(Br)nc1. The molecule has 1 aromatic heterocycles. The van der Waals surface area contributed by atoms with E-state index in [0.29, 0.717) is 5.75 Å². The third-order valence-electron chi connectivity index (χ3n) is 2.49. The van der Waals surface area contributed by atoms with Crippen molar-refractivity contribution in [2.75, 3.05) is 0 Å². The zero-order valence-corrected chi connectivity index (χ0v) is 12.5. The van der Waals surface area contributed by atoms with E-state index in [2.05, 4.69) is 33.2 Å². The molecular weight excluding hydrogens is 296 g/mol. The largest absolute Gasteiger partial charge is 0.479 e. The Morgan fingerprint density at radius 2 is 2.22 bits per heavy atom. The standard InChI is InChI=1S/C13H19BrN2O2/c1-4-5-9(2)16-13(17)10(3)18-11-6-7-12(14)15-8-11/h6-10H,4-5H2,1-3H3,(H,16,17). The molecular formula is C13H19BrN2O2. The first-order valence-electron chi connectivity index (χ1n) is 6.11. The fourth-order valence-corrected chi connectivity index (χ4v) is 1.79. The van der Waals surface area contributed by atoms with Crippen molar-refractivity contribution >= 4 is 21.8 Å². The number of aromatic nitrogens is 1. The third kappa shape index (κ3) is 5.04. The molecule has 1 amide bonds. The molecule has 4 nitrogen and oxygen atoms in total. The quantitative estimate of drug-likeness (QED) is 0.821. The molecule has 0 saturated carbocycles. The van der Waals surface area contributed by atoms with Gasteiger partial charge in [-0.3, -0.25) is 4.79 Å². The van der Waals surface area contributed by atoms with E-state index in [1.807, 2.05) is 6.92 Å². The van der Waals surface area contributed by atoms with Crippen LogP contribution in [0.3, 0.4) is 0 Å². The number of nitrogens with one attached hydrogen (secondary N) is 1. The second-order valence-electron chi connectivity index (χ2n) is 4.28. The van der Waals surface area contributed by atoms with Gasteiger partial charge in [0, 0.05) is 6.04 Å². The van der Waals surface area contributed by atoms with Crippen LogP contribution >= 0.6 is 15.9 Å². The lowest BCUT2D eigenvalue weighted by atomic mass is 10.2. The van der Waals surface area contributed by atoms with Crippen molar-refractivity contribution in [3.63, 3.8) is 0 Å². The molecule has 0 spiro atoms. The molecule has 1 aromatic rings. The van der Waals surface area contributed by atoms with Crippen LogP contribution in [-0.2, 0) is 4.79 Å². The molecule has 0 aromatic carbocycles. The zero-order chi connectivity index (χ0) is 13.5. The van der Waals surface area contributed by atoms with Gasteiger partial charge >= 0.3 is 0 Å². The molecule has 2 atom stereocenters. The number of nitrogens with zero attached hydrogens (tertiary/aromatic N) is 1. The van der Waals surface area contributed by atoms with Crippen LogP contribution in [0.15, 0.2) is 22.9 Å². The number of carbonyl (C=O) groups excluding carboxylic acids is 1. The van der Waals surface area contributed by atoms with E-state index >= 15 is 0 Å². The molecule has 1 heterocycles. The van der Waals surface area contributed by atoms with Crippen molar-refractivity contribution in [1.29, 1.82) is 0 Å². The van der Waals surface area contributed by atoms with Crippen LogP contribution < -0.4 is 10.1 Å². The molecule has 0 aliphatic carbocycles. The zero-order valence-electron chi connectivity index (χ0n) is 10.9. The highest BCUT2D eigenvalue weighted by molar-refractivity contribution is 9.10. The van der Waals surface area contributed by atoms with Crippen LogP contribution in [0.25, 0.3) is 0 Å². The van der Waals surface area contributed by atoms with E-state index < -0.39 is 6.10 Å². The first kappa shape index (κ1) is 15.0. The lowest BCUT2D eigenvalue weighted by Crippen LogP contribution is -2.41. The summed E-state index contributed by atoms with van der Waals surface area (Å²) < 4.78 is 6.25. The van der Waals surface area contributed by atoms with Crippen LogP contribution in [0.1, 0.15) is 33.6 Å². The van der Waals surface area contributed by atoms with Crippen molar-refractivity contribution < 1.29 is 9.53 Å². The Labute approximate surface area is 116 Å². The molecule has 0 aliphatic heterocycles. The van der Waals surface area contributed by atoms with Crippen molar-refractivity contribution in [3.05, 3.63) is 22.9 Å². The molecule has 18 heavy (non-hydrogen) atoms. The highest BCUT2D eigenvalue weighted by Gasteiger charge is 2.16. The minimum Gasteiger partial charge on any atom is -0.479 e. The van der Waals surface area contributed by atoms with Gasteiger partial charge < -0.3 is 10.1 Å². The summed E-state index contributed by atoms with van der Waals surface area (Å²) in [4.78, 5) is 15.9. The average molecular weight is 315 g/mol. The minimum absolute atomic E-state index is 0.0983. The number of halogens is 1. The molecule has 2 unspecified atom stereocenters. The van der Waals surface area contributed by atoms with Gasteiger partial charge in [-0.2, -0.15) is 0 Å². The van der Waals surface area contributed by atoms with Gasteiger partial charge in [0.2, 0.25) is 0 Å². The van der Waals surface area contributed by atoms with Crippen molar-refractivity contribution in [2.24, 2.45) is 0 Å². The van der Waals surface area contributed by atoms with Crippen molar-refractivity contribution in [3.8, 4) is 5.75 Å². The summed E-state index contributed by atoms with van der Waals surface area (Å²) in [7, 11) is 0. The Bertz CT molecular complexity index is 381. The number of pyridine rings is 1. The van der Waals surface area contributed by atoms with Gasteiger partial charge in [-0.15, -0.1) is 0 Å². The number of carbonyl (C=O) groups is 1. The average Bonchev–Trinajstić information content (AvgIpc) is 2.32. The molecule has 0 radical (unpaired) electrons. The maximum atomic E-state index is 11.8. The second kappa shape index (κ2) is 7.36. The summed E-state index contributed by atoms with van der Waals surface area (Å²) in [5, 5.41) is 2.92. The maximum absolute atomic E-state index is 11.8. The van der Waals surface area contributed by atoms with Crippen LogP contribution in [0.2, 0.25) is 0 Å². The topological polar surface area (TPSA) is 51.2 Å². The van der Waals surface area contributed by atoms with Crippen LogP contribution in [0.5, 0.6) is 5.75 Å². The predicted molar refractivity (Wildman–Crippen MR) is 74.5 cm³/mol. The molecule has 5 heteroatoms. The minimum atomic E-state index is -0.521. The van der Waals surface area contributed by atoms with Crippen LogP contribution in [0.4, 0.5) is 0 Å². The van der Waals surface area contributed by atoms with Crippen LogP contribution in [0, 0.1) is 0 Å². The molecule has 1 rings (SSSR count). The number of hydrogen-bond acceptors (Lipinski definition) is 3. The summed E-state index contributed by atoms with van der Waals surface area (Å²) in [6, 6.07) is 3.73. The van der Waals surface area contributed by atoms with E-state index in [-0.39, 0.29) is 11.9 Å². The Morgan fingerprint density at radius 1 is 1.50 bits per heavy atom. The first-order valence-corrected chi connectivity index (χ1v) is 6.90. The first-order chi connectivity index (χ1) is 8.52. The Balaban J connectivity index is 2.46. The highest BCUT2D eigenvalue weighted by atomic mass is 79.9. The van der Waals surface area contributed by atoms with Gasteiger partial charge in [0.1, 0.15) is 10.4 Å². The summed E-state index contributed by atoms with van der Waals surface area (Å²) >= 11 is 3.24. The van der Waals surface area contributed by atoms with Gasteiger partial charge in [-0.1, -0.05) is 13.3 Å². The number of ether oxygens (including phenoxy) is 1. The lowest BCUT2D eigenvalue weighted by Gasteiger charge is -2.18.